The highest BCUT2D eigenvalue weighted by Crippen LogP contribution is 2.50. The topological polar surface area (TPSA) is 12.5 Å². The van der Waals surface area contributed by atoms with Gasteiger partial charge in [0.2, 0.25) is 0 Å². The number of hydrogen-bond donors (Lipinski definition) is 0. The van der Waals surface area contributed by atoms with E-state index in [0.717, 1.165) is 38.2 Å². The molecule has 1 aliphatic heterocycles. The molecule has 1 saturated heterocycles. The summed E-state index contributed by atoms with van der Waals surface area (Å²) in [5.74, 6) is 1.03. The van der Waals surface area contributed by atoms with Gasteiger partial charge in [-0.3, -0.25) is 4.90 Å². The van der Waals surface area contributed by atoms with E-state index in [-0.39, 0.29) is 6.04 Å². The van der Waals surface area contributed by atoms with E-state index in [1.165, 1.54) is 35.1 Å². The molecule has 184 valence electrons. The van der Waals surface area contributed by atoms with E-state index in [9.17, 15) is 0 Å². The zero-order valence-electron chi connectivity index (χ0n) is 21.4. The van der Waals surface area contributed by atoms with Gasteiger partial charge in [-0.25, -0.2) is 0 Å². The van der Waals surface area contributed by atoms with Crippen molar-refractivity contribution in [3.8, 4) is 5.75 Å². The van der Waals surface area contributed by atoms with Crippen molar-refractivity contribution in [2.75, 3.05) is 13.2 Å². The molecule has 5 rings (SSSR count). The van der Waals surface area contributed by atoms with Crippen LogP contribution in [0.3, 0.4) is 0 Å². The van der Waals surface area contributed by atoms with Crippen molar-refractivity contribution in [3.63, 3.8) is 0 Å². The molecule has 0 aromatic heterocycles. The predicted molar refractivity (Wildman–Crippen MR) is 149 cm³/mol. The zero-order valence-corrected chi connectivity index (χ0v) is 21.4. The molecule has 0 N–H and O–H groups in total. The fraction of sp³-hybridized carbons (Fsp3) is 0.294. The maximum atomic E-state index is 6.38. The Labute approximate surface area is 216 Å². The Kier molecular flexibility index (Phi) is 7.83. The molecule has 1 fully saturated rings. The van der Waals surface area contributed by atoms with Crippen molar-refractivity contribution in [2.45, 2.75) is 50.6 Å². The Morgan fingerprint density at radius 1 is 0.694 bits per heavy atom. The van der Waals surface area contributed by atoms with E-state index in [4.69, 9.17) is 4.74 Å². The summed E-state index contributed by atoms with van der Waals surface area (Å²) >= 11 is 0. The standard InChI is InChI=1S/C34H37NO/c1-2-3-27-36-33-25-14-13-23-31(33)32-24-15-16-26-35(32)34(28-17-7-4-8-18-28,29-19-9-5-10-20-29)30-21-11-6-12-22-30/h4-14,17-23,25,32H,2-3,15-16,24,26-27H2,1H3. The van der Waals surface area contributed by atoms with Gasteiger partial charge >= 0.3 is 0 Å². The highest BCUT2D eigenvalue weighted by molar-refractivity contribution is 5.51. The lowest BCUT2D eigenvalue weighted by Crippen LogP contribution is -2.51. The highest BCUT2D eigenvalue weighted by atomic mass is 16.5. The first-order chi connectivity index (χ1) is 17.9. The quantitative estimate of drug-likeness (QED) is 0.178. The summed E-state index contributed by atoms with van der Waals surface area (Å²) in [6, 6.07) is 42.2. The minimum Gasteiger partial charge on any atom is -0.493 e. The number of unbranched alkanes of at least 4 members (excludes halogenated alkanes) is 1. The average Bonchev–Trinajstić information content (AvgIpc) is 2.96. The van der Waals surface area contributed by atoms with Gasteiger partial charge < -0.3 is 4.74 Å². The molecule has 0 radical (unpaired) electrons. The van der Waals surface area contributed by atoms with Gasteiger partial charge in [0.1, 0.15) is 5.75 Å². The van der Waals surface area contributed by atoms with Crippen LogP contribution in [0.1, 0.15) is 67.3 Å². The van der Waals surface area contributed by atoms with Crippen molar-refractivity contribution in [2.24, 2.45) is 0 Å². The van der Waals surface area contributed by atoms with Crippen molar-refractivity contribution in [1.29, 1.82) is 0 Å². The minimum atomic E-state index is -0.411. The number of piperidine rings is 1. The van der Waals surface area contributed by atoms with Crippen LogP contribution in [-0.4, -0.2) is 18.1 Å². The third kappa shape index (κ3) is 4.70. The molecule has 1 unspecified atom stereocenters. The molecule has 0 bridgehead atoms. The summed E-state index contributed by atoms with van der Waals surface area (Å²) in [4.78, 5) is 2.76. The molecule has 4 aromatic carbocycles. The number of hydrogen-bond acceptors (Lipinski definition) is 2. The number of likely N-dealkylation sites (tertiary alicyclic amines) is 1. The Hall–Kier alpha value is -3.36. The minimum absolute atomic E-state index is 0.247. The largest absolute Gasteiger partial charge is 0.493 e. The Balaban J connectivity index is 1.73. The number of ether oxygens (including phenoxy) is 1. The summed E-state index contributed by atoms with van der Waals surface area (Å²) in [7, 11) is 0. The second-order valence-electron chi connectivity index (χ2n) is 9.75. The molecule has 2 heteroatoms. The fourth-order valence-electron chi connectivity index (χ4n) is 5.91. The number of rotatable bonds is 9. The van der Waals surface area contributed by atoms with E-state index in [1.807, 2.05) is 0 Å². The van der Waals surface area contributed by atoms with Gasteiger partial charge in [-0.05, 0) is 42.0 Å². The summed E-state index contributed by atoms with van der Waals surface area (Å²) in [6.07, 6.45) is 5.73. The van der Waals surface area contributed by atoms with E-state index in [1.54, 1.807) is 0 Å². The number of para-hydroxylation sites is 1. The maximum absolute atomic E-state index is 6.38. The fourth-order valence-corrected chi connectivity index (χ4v) is 5.91. The molecule has 1 atom stereocenters. The first-order valence-electron chi connectivity index (χ1n) is 13.5. The second-order valence-corrected chi connectivity index (χ2v) is 9.75. The average molecular weight is 476 g/mol. The van der Waals surface area contributed by atoms with Crippen molar-refractivity contribution < 1.29 is 4.74 Å². The van der Waals surface area contributed by atoms with E-state index in [0.29, 0.717) is 0 Å². The van der Waals surface area contributed by atoms with Gasteiger partial charge in [-0.1, -0.05) is 129 Å². The third-order valence-electron chi connectivity index (χ3n) is 7.54. The summed E-state index contributed by atoms with van der Waals surface area (Å²) in [5.41, 5.74) is 4.81. The van der Waals surface area contributed by atoms with Crippen LogP contribution in [0.2, 0.25) is 0 Å². The molecule has 4 aromatic rings. The van der Waals surface area contributed by atoms with Crippen LogP contribution >= 0.6 is 0 Å². The van der Waals surface area contributed by atoms with Crippen molar-refractivity contribution in [3.05, 3.63) is 138 Å². The second kappa shape index (κ2) is 11.6. The number of benzene rings is 4. The highest BCUT2D eigenvalue weighted by Gasteiger charge is 2.46. The molecular weight excluding hydrogens is 438 g/mol. The monoisotopic (exact) mass is 475 g/mol. The predicted octanol–water partition coefficient (Wildman–Crippen LogP) is 8.38. The van der Waals surface area contributed by atoms with Crippen LogP contribution in [0.5, 0.6) is 5.75 Å². The summed E-state index contributed by atoms with van der Waals surface area (Å²) in [5, 5.41) is 0. The molecule has 0 saturated carbocycles. The van der Waals surface area contributed by atoms with Gasteiger partial charge in [-0.15, -0.1) is 0 Å². The van der Waals surface area contributed by atoms with E-state index < -0.39 is 5.54 Å². The lowest BCUT2D eigenvalue weighted by Gasteiger charge is -2.51. The summed E-state index contributed by atoms with van der Waals surface area (Å²) in [6.45, 7) is 4.00. The van der Waals surface area contributed by atoms with Crippen LogP contribution in [0, 0.1) is 0 Å². The van der Waals surface area contributed by atoms with Crippen LogP contribution in [-0.2, 0) is 5.54 Å². The molecule has 0 amide bonds. The Bertz CT molecular complexity index is 1110. The zero-order chi connectivity index (χ0) is 24.6. The van der Waals surface area contributed by atoms with Crippen LogP contribution in [0.4, 0.5) is 0 Å². The van der Waals surface area contributed by atoms with Crippen molar-refractivity contribution >= 4 is 0 Å². The van der Waals surface area contributed by atoms with Crippen LogP contribution in [0.25, 0.3) is 0 Å². The van der Waals surface area contributed by atoms with Crippen LogP contribution in [0.15, 0.2) is 115 Å². The van der Waals surface area contributed by atoms with Gasteiger partial charge in [-0.2, -0.15) is 0 Å². The maximum Gasteiger partial charge on any atom is 0.124 e. The van der Waals surface area contributed by atoms with Crippen molar-refractivity contribution in [1.82, 2.24) is 4.90 Å². The molecule has 0 spiro atoms. The van der Waals surface area contributed by atoms with Gasteiger partial charge in [0, 0.05) is 18.2 Å². The van der Waals surface area contributed by atoms with Gasteiger partial charge in [0.25, 0.3) is 0 Å². The van der Waals surface area contributed by atoms with Gasteiger partial charge in [0.05, 0.1) is 12.1 Å². The lowest BCUT2D eigenvalue weighted by molar-refractivity contribution is 0.0622. The lowest BCUT2D eigenvalue weighted by atomic mass is 9.73. The molecule has 36 heavy (non-hydrogen) atoms. The Morgan fingerprint density at radius 2 is 1.22 bits per heavy atom. The van der Waals surface area contributed by atoms with E-state index in [2.05, 4.69) is 127 Å². The molecule has 1 heterocycles. The summed E-state index contributed by atoms with van der Waals surface area (Å²) < 4.78 is 6.38. The smallest absolute Gasteiger partial charge is 0.124 e. The molecule has 0 aliphatic carbocycles. The SMILES string of the molecule is CCCCOc1ccccc1C1CCCCN1C(c1ccccc1)(c1ccccc1)c1ccccc1. The molecule has 2 nitrogen and oxygen atoms in total. The Morgan fingerprint density at radius 3 is 1.78 bits per heavy atom. The van der Waals surface area contributed by atoms with Crippen LogP contribution < -0.4 is 4.74 Å². The normalized spacial score (nSPS) is 16.5. The first-order valence-corrected chi connectivity index (χ1v) is 13.5. The molecule has 1 aliphatic rings. The number of nitrogens with zero attached hydrogens (tertiary/aromatic N) is 1. The first kappa shape index (κ1) is 24.3. The third-order valence-corrected chi connectivity index (χ3v) is 7.54. The van der Waals surface area contributed by atoms with Gasteiger partial charge in [0.15, 0.2) is 0 Å². The van der Waals surface area contributed by atoms with E-state index >= 15 is 0 Å². The molecular formula is C34H37NO.